The molecular weight excluding hydrogens is 192 g/mol. The molecule has 0 radical (unpaired) electrons. The van der Waals surface area contributed by atoms with E-state index in [0.29, 0.717) is 5.92 Å². The highest BCUT2D eigenvalue weighted by Crippen LogP contribution is 2.25. The fraction of sp³-hybridized carbons (Fsp3) is 0.500. The summed E-state index contributed by atoms with van der Waals surface area (Å²) >= 11 is 0. The zero-order valence-electron chi connectivity index (χ0n) is 11.5. The highest BCUT2D eigenvalue weighted by Gasteiger charge is 2.13. The van der Waals surface area contributed by atoms with Gasteiger partial charge < -0.3 is 0 Å². The third-order valence-corrected chi connectivity index (χ3v) is 2.89. The number of hydrogen-bond acceptors (Lipinski definition) is 0. The Morgan fingerprint density at radius 3 is 1.94 bits per heavy atom. The molecule has 0 aliphatic rings. The van der Waals surface area contributed by atoms with Crippen molar-refractivity contribution in [3.05, 3.63) is 47.0 Å². The Morgan fingerprint density at radius 2 is 1.56 bits per heavy atom. The molecule has 1 atom stereocenters. The smallest absolute Gasteiger partial charge is 0.000797 e. The SMILES string of the molecule is CC(C)=CC(C)c1ccc(C(C)(C)C)cc1. The van der Waals surface area contributed by atoms with Crippen molar-refractivity contribution in [3.8, 4) is 0 Å². The molecule has 1 unspecified atom stereocenters. The summed E-state index contributed by atoms with van der Waals surface area (Å²) in [5, 5.41) is 0. The molecule has 16 heavy (non-hydrogen) atoms. The standard InChI is InChI=1S/C16H24/c1-12(2)11-13(3)14-7-9-15(10-8-14)16(4,5)6/h7-11,13H,1-6H3. The van der Waals surface area contributed by atoms with Gasteiger partial charge in [0, 0.05) is 0 Å². The highest BCUT2D eigenvalue weighted by atomic mass is 14.2. The summed E-state index contributed by atoms with van der Waals surface area (Å²) < 4.78 is 0. The lowest BCUT2D eigenvalue weighted by Crippen LogP contribution is -2.10. The topological polar surface area (TPSA) is 0 Å². The molecule has 0 bridgehead atoms. The zero-order chi connectivity index (χ0) is 12.3. The molecule has 0 spiro atoms. The number of allylic oxidation sites excluding steroid dienone is 2. The first-order valence-electron chi connectivity index (χ1n) is 6.06. The fourth-order valence-corrected chi connectivity index (χ4v) is 1.88. The Kier molecular flexibility index (Phi) is 3.96. The van der Waals surface area contributed by atoms with Crippen molar-refractivity contribution in [2.24, 2.45) is 0 Å². The van der Waals surface area contributed by atoms with Crippen molar-refractivity contribution in [1.82, 2.24) is 0 Å². The molecule has 1 aromatic rings. The van der Waals surface area contributed by atoms with Crippen LogP contribution in [-0.4, -0.2) is 0 Å². The van der Waals surface area contributed by atoms with Crippen molar-refractivity contribution in [3.63, 3.8) is 0 Å². The van der Waals surface area contributed by atoms with Gasteiger partial charge in [0.05, 0.1) is 0 Å². The molecular formula is C16H24. The second kappa shape index (κ2) is 4.86. The van der Waals surface area contributed by atoms with Gasteiger partial charge in [0.1, 0.15) is 0 Å². The van der Waals surface area contributed by atoms with Crippen LogP contribution in [0.1, 0.15) is 58.6 Å². The van der Waals surface area contributed by atoms with E-state index in [1.54, 1.807) is 0 Å². The van der Waals surface area contributed by atoms with Crippen LogP contribution in [0.3, 0.4) is 0 Å². The van der Waals surface area contributed by atoms with Crippen LogP contribution in [0.4, 0.5) is 0 Å². The average molecular weight is 216 g/mol. The van der Waals surface area contributed by atoms with Crippen molar-refractivity contribution in [1.29, 1.82) is 0 Å². The highest BCUT2D eigenvalue weighted by molar-refractivity contribution is 5.31. The molecule has 0 amide bonds. The van der Waals surface area contributed by atoms with Gasteiger partial charge >= 0.3 is 0 Å². The van der Waals surface area contributed by atoms with Gasteiger partial charge in [-0.2, -0.15) is 0 Å². The van der Waals surface area contributed by atoms with Crippen LogP contribution in [0.15, 0.2) is 35.9 Å². The van der Waals surface area contributed by atoms with Crippen LogP contribution in [0.2, 0.25) is 0 Å². The van der Waals surface area contributed by atoms with Crippen molar-refractivity contribution in [2.45, 2.75) is 52.9 Å². The van der Waals surface area contributed by atoms with Gasteiger partial charge in [0.2, 0.25) is 0 Å². The predicted octanol–water partition coefficient (Wildman–Crippen LogP) is 5.05. The van der Waals surface area contributed by atoms with E-state index in [9.17, 15) is 0 Å². The van der Waals surface area contributed by atoms with Crippen LogP contribution in [0, 0.1) is 0 Å². The van der Waals surface area contributed by atoms with Crippen LogP contribution in [0.5, 0.6) is 0 Å². The van der Waals surface area contributed by atoms with E-state index in [1.807, 2.05) is 0 Å². The lowest BCUT2D eigenvalue weighted by atomic mass is 9.85. The molecule has 0 fully saturated rings. The van der Waals surface area contributed by atoms with Gasteiger partial charge in [-0.1, -0.05) is 63.6 Å². The molecule has 0 saturated heterocycles. The molecule has 0 saturated carbocycles. The second-order valence-electron chi connectivity index (χ2n) is 5.90. The first-order chi connectivity index (χ1) is 7.30. The maximum Gasteiger partial charge on any atom is -0.000797 e. The first-order valence-corrected chi connectivity index (χ1v) is 6.06. The van der Waals surface area contributed by atoms with Gasteiger partial charge in [-0.15, -0.1) is 0 Å². The van der Waals surface area contributed by atoms with Gasteiger partial charge in [-0.05, 0) is 36.3 Å². The van der Waals surface area contributed by atoms with E-state index in [-0.39, 0.29) is 5.41 Å². The lowest BCUT2D eigenvalue weighted by molar-refractivity contribution is 0.590. The molecule has 0 nitrogen and oxygen atoms in total. The Hall–Kier alpha value is -1.04. The minimum atomic E-state index is 0.248. The molecule has 0 N–H and O–H groups in total. The summed E-state index contributed by atoms with van der Waals surface area (Å²) in [5.41, 5.74) is 4.43. The minimum absolute atomic E-state index is 0.248. The Morgan fingerprint density at radius 1 is 1.06 bits per heavy atom. The van der Waals surface area contributed by atoms with Crippen LogP contribution < -0.4 is 0 Å². The molecule has 1 rings (SSSR count). The molecule has 1 aromatic carbocycles. The van der Waals surface area contributed by atoms with Crippen LogP contribution >= 0.6 is 0 Å². The van der Waals surface area contributed by atoms with Gasteiger partial charge in [0.25, 0.3) is 0 Å². The first kappa shape index (κ1) is 13.0. The molecule has 0 heterocycles. The Bertz CT molecular complexity index is 356. The minimum Gasteiger partial charge on any atom is -0.0798 e. The zero-order valence-corrected chi connectivity index (χ0v) is 11.5. The van der Waals surface area contributed by atoms with Crippen molar-refractivity contribution in [2.75, 3.05) is 0 Å². The summed E-state index contributed by atoms with van der Waals surface area (Å²) in [6.07, 6.45) is 2.31. The summed E-state index contributed by atoms with van der Waals surface area (Å²) in [6, 6.07) is 9.02. The molecule has 0 aromatic heterocycles. The normalized spacial score (nSPS) is 13.4. The summed E-state index contributed by atoms with van der Waals surface area (Å²) in [4.78, 5) is 0. The van der Waals surface area contributed by atoms with E-state index in [1.165, 1.54) is 16.7 Å². The third-order valence-electron chi connectivity index (χ3n) is 2.89. The van der Waals surface area contributed by atoms with E-state index < -0.39 is 0 Å². The quantitative estimate of drug-likeness (QED) is 0.607. The molecule has 0 aliphatic heterocycles. The molecule has 0 aliphatic carbocycles. The molecule has 0 heteroatoms. The number of benzene rings is 1. The largest absolute Gasteiger partial charge is 0.0798 e. The van der Waals surface area contributed by atoms with Crippen molar-refractivity contribution >= 4 is 0 Å². The maximum absolute atomic E-state index is 2.31. The van der Waals surface area contributed by atoms with E-state index in [0.717, 1.165) is 0 Å². The summed E-state index contributed by atoms with van der Waals surface area (Å²) in [5.74, 6) is 0.513. The Labute approximate surface area is 100 Å². The summed E-state index contributed by atoms with van der Waals surface area (Å²) in [6.45, 7) is 13.3. The van der Waals surface area contributed by atoms with Crippen molar-refractivity contribution < 1.29 is 0 Å². The van der Waals surface area contributed by atoms with Crippen LogP contribution in [0.25, 0.3) is 0 Å². The molecule has 88 valence electrons. The fourth-order valence-electron chi connectivity index (χ4n) is 1.88. The van der Waals surface area contributed by atoms with E-state index in [2.05, 4.69) is 71.9 Å². The summed E-state index contributed by atoms with van der Waals surface area (Å²) in [7, 11) is 0. The predicted molar refractivity (Wildman–Crippen MR) is 73.0 cm³/mol. The number of hydrogen-bond donors (Lipinski definition) is 0. The van der Waals surface area contributed by atoms with Crippen LogP contribution in [-0.2, 0) is 5.41 Å². The lowest BCUT2D eigenvalue weighted by Gasteiger charge is -2.19. The van der Waals surface area contributed by atoms with E-state index >= 15 is 0 Å². The van der Waals surface area contributed by atoms with Gasteiger partial charge in [-0.3, -0.25) is 0 Å². The van der Waals surface area contributed by atoms with E-state index in [4.69, 9.17) is 0 Å². The second-order valence-corrected chi connectivity index (χ2v) is 5.90. The third kappa shape index (κ3) is 3.52. The Balaban J connectivity index is 2.91. The monoisotopic (exact) mass is 216 g/mol. The van der Waals surface area contributed by atoms with Gasteiger partial charge in [-0.25, -0.2) is 0 Å². The number of rotatable bonds is 2. The average Bonchev–Trinajstić information content (AvgIpc) is 2.15. The maximum atomic E-state index is 2.31. The van der Waals surface area contributed by atoms with Gasteiger partial charge in [0.15, 0.2) is 0 Å².